The SMILES string of the molecule is CCOCC(=O)c1ccc(CC)cc1. The maximum absolute atomic E-state index is 11.5. The average Bonchev–Trinajstić information content (AvgIpc) is 2.26. The quantitative estimate of drug-likeness (QED) is 0.670. The Morgan fingerprint density at radius 3 is 2.36 bits per heavy atom. The summed E-state index contributed by atoms with van der Waals surface area (Å²) in [6.45, 7) is 4.74. The summed E-state index contributed by atoms with van der Waals surface area (Å²) in [5.74, 6) is 0.0505. The number of Topliss-reactive ketones (excluding diaryl/α,β-unsaturated/α-hetero) is 1. The Hall–Kier alpha value is -1.15. The van der Waals surface area contributed by atoms with Crippen LogP contribution in [0.25, 0.3) is 0 Å². The summed E-state index contributed by atoms with van der Waals surface area (Å²) in [6, 6.07) is 7.69. The van der Waals surface area contributed by atoms with Gasteiger partial charge in [-0.3, -0.25) is 4.79 Å². The van der Waals surface area contributed by atoms with Crippen LogP contribution in [-0.4, -0.2) is 19.0 Å². The number of ketones is 1. The van der Waals surface area contributed by atoms with E-state index >= 15 is 0 Å². The molecule has 2 nitrogen and oxygen atoms in total. The van der Waals surface area contributed by atoms with E-state index in [0.717, 1.165) is 12.0 Å². The van der Waals surface area contributed by atoms with Crippen molar-refractivity contribution in [1.29, 1.82) is 0 Å². The lowest BCUT2D eigenvalue weighted by atomic mass is 10.1. The Labute approximate surface area is 84.9 Å². The third kappa shape index (κ3) is 2.96. The predicted octanol–water partition coefficient (Wildman–Crippen LogP) is 2.47. The lowest BCUT2D eigenvalue weighted by Crippen LogP contribution is -2.08. The number of hydrogen-bond acceptors (Lipinski definition) is 2. The van der Waals surface area contributed by atoms with Crippen molar-refractivity contribution >= 4 is 5.78 Å². The van der Waals surface area contributed by atoms with Gasteiger partial charge in [-0.25, -0.2) is 0 Å². The Bertz CT molecular complexity index is 288. The van der Waals surface area contributed by atoms with Crippen molar-refractivity contribution in [3.05, 3.63) is 35.4 Å². The molecule has 0 radical (unpaired) electrons. The normalized spacial score (nSPS) is 10.1. The summed E-state index contributed by atoms with van der Waals surface area (Å²) < 4.78 is 5.06. The van der Waals surface area contributed by atoms with E-state index in [-0.39, 0.29) is 12.4 Å². The van der Waals surface area contributed by atoms with Gasteiger partial charge in [-0.05, 0) is 18.9 Å². The molecule has 0 aromatic heterocycles. The Balaban J connectivity index is 2.62. The summed E-state index contributed by atoms with van der Waals surface area (Å²) >= 11 is 0. The van der Waals surface area contributed by atoms with Gasteiger partial charge in [0.25, 0.3) is 0 Å². The zero-order chi connectivity index (χ0) is 10.4. The highest BCUT2D eigenvalue weighted by molar-refractivity contribution is 5.97. The minimum atomic E-state index is 0.0505. The topological polar surface area (TPSA) is 26.3 Å². The molecule has 0 unspecified atom stereocenters. The summed E-state index contributed by atoms with van der Waals surface area (Å²) in [4.78, 5) is 11.5. The maximum Gasteiger partial charge on any atom is 0.188 e. The molecule has 0 bridgehead atoms. The van der Waals surface area contributed by atoms with Crippen LogP contribution in [0.2, 0.25) is 0 Å². The van der Waals surface area contributed by atoms with E-state index in [0.29, 0.717) is 6.61 Å². The second-order valence-electron chi connectivity index (χ2n) is 3.11. The first-order chi connectivity index (χ1) is 6.77. The van der Waals surface area contributed by atoms with Crippen LogP contribution >= 0.6 is 0 Å². The van der Waals surface area contributed by atoms with Crippen molar-refractivity contribution in [2.75, 3.05) is 13.2 Å². The Morgan fingerprint density at radius 1 is 1.21 bits per heavy atom. The van der Waals surface area contributed by atoms with E-state index in [1.165, 1.54) is 5.56 Å². The molecule has 0 fully saturated rings. The van der Waals surface area contributed by atoms with Crippen molar-refractivity contribution in [1.82, 2.24) is 0 Å². The van der Waals surface area contributed by atoms with Crippen LogP contribution in [0, 0.1) is 0 Å². The summed E-state index contributed by atoms with van der Waals surface area (Å²) in [6.07, 6.45) is 1.000. The molecule has 1 aromatic carbocycles. The zero-order valence-corrected chi connectivity index (χ0v) is 8.75. The summed E-state index contributed by atoms with van der Waals surface area (Å²) in [7, 11) is 0. The van der Waals surface area contributed by atoms with Gasteiger partial charge in [0, 0.05) is 12.2 Å². The molecular formula is C12H16O2. The van der Waals surface area contributed by atoms with Gasteiger partial charge in [0.05, 0.1) is 0 Å². The van der Waals surface area contributed by atoms with Crippen molar-refractivity contribution in [2.45, 2.75) is 20.3 Å². The third-order valence-electron chi connectivity index (χ3n) is 2.12. The molecule has 1 rings (SSSR count). The van der Waals surface area contributed by atoms with Crippen LogP contribution in [-0.2, 0) is 11.2 Å². The first-order valence-electron chi connectivity index (χ1n) is 4.97. The van der Waals surface area contributed by atoms with Gasteiger partial charge < -0.3 is 4.74 Å². The van der Waals surface area contributed by atoms with E-state index in [1.807, 2.05) is 31.2 Å². The monoisotopic (exact) mass is 192 g/mol. The first kappa shape index (κ1) is 10.9. The molecule has 0 N–H and O–H groups in total. The molecule has 0 amide bonds. The number of aryl methyl sites for hydroxylation is 1. The van der Waals surface area contributed by atoms with Crippen LogP contribution in [0.3, 0.4) is 0 Å². The molecule has 14 heavy (non-hydrogen) atoms. The molecule has 1 aromatic rings. The van der Waals surface area contributed by atoms with E-state index in [9.17, 15) is 4.79 Å². The van der Waals surface area contributed by atoms with Gasteiger partial charge in [0.15, 0.2) is 5.78 Å². The van der Waals surface area contributed by atoms with Gasteiger partial charge in [0.1, 0.15) is 6.61 Å². The summed E-state index contributed by atoms with van der Waals surface area (Å²) in [5, 5.41) is 0. The standard InChI is InChI=1S/C12H16O2/c1-3-10-5-7-11(8-6-10)12(13)9-14-4-2/h5-8H,3-4,9H2,1-2H3. The predicted molar refractivity (Wildman–Crippen MR) is 56.6 cm³/mol. The van der Waals surface area contributed by atoms with E-state index in [1.54, 1.807) is 0 Å². The number of rotatable bonds is 5. The highest BCUT2D eigenvalue weighted by atomic mass is 16.5. The average molecular weight is 192 g/mol. The highest BCUT2D eigenvalue weighted by Crippen LogP contribution is 2.05. The Morgan fingerprint density at radius 2 is 1.86 bits per heavy atom. The van der Waals surface area contributed by atoms with Gasteiger partial charge >= 0.3 is 0 Å². The van der Waals surface area contributed by atoms with E-state index in [2.05, 4.69) is 6.92 Å². The Kier molecular flexibility index (Phi) is 4.33. The molecule has 0 atom stereocenters. The molecule has 0 aliphatic carbocycles. The minimum Gasteiger partial charge on any atom is -0.374 e. The van der Waals surface area contributed by atoms with Crippen molar-refractivity contribution in [3.63, 3.8) is 0 Å². The van der Waals surface area contributed by atoms with Crippen LogP contribution in [0.5, 0.6) is 0 Å². The number of carbonyl (C=O) groups is 1. The van der Waals surface area contributed by atoms with Crippen LogP contribution in [0.1, 0.15) is 29.8 Å². The number of ether oxygens (including phenoxy) is 1. The van der Waals surface area contributed by atoms with Gasteiger partial charge in [-0.1, -0.05) is 31.2 Å². The summed E-state index contributed by atoms with van der Waals surface area (Å²) in [5.41, 5.74) is 1.98. The lowest BCUT2D eigenvalue weighted by molar-refractivity contribution is 0.0783. The smallest absolute Gasteiger partial charge is 0.188 e. The van der Waals surface area contributed by atoms with E-state index in [4.69, 9.17) is 4.74 Å². The van der Waals surface area contributed by atoms with Gasteiger partial charge in [-0.15, -0.1) is 0 Å². The molecule has 0 spiro atoms. The number of hydrogen-bond donors (Lipinski definition) is 0. The van der Waals surface area contributed by atoms with Crippen molar-refractivity contribution in [2.24, 2.45) is 0 Å². The minimum absolute atomic E-state index is 0.0505. The molecular weight excluding hydrogens is 176 g/mol. The van der Waals surface area contributed by atoms with Gasteiger partial charge in [-0.2, -0.15) is 0 Å². The van der Waals surface area contributed by atoms with E-state index < -0.39 is 0 Å². The zero-order valence-electron chi connectivity index (χ0n) is 8.75. The van der Waals surface area contributed by atoms with Crippen LogP contribution in [0.4, 0.5) is 0 Å². The number of carbonyl (C=O) groups excluding carboxylic acids is 1. The fourth-order valence-corrected chi connectivity index (χ4v) is 1.20. The molecule has 0 saturated carbocycles. The molecule has 76 valence electrons. The number of benzene rings is 1. The third-order valence-corrected chi connectivity index (χ3v) is 2.12. The molecule has 2 heteroatoms. The van der Waals surface area contributed by atoms with Crippen molar-refractivity contribution in [3.8, 4) is 0 Å². The lowest BCUT2D eigenvalue weighted by Gasteiger charge is -2.02. The van der Waals surface area contributed by atoms with Crippen molar-refractivity contribution < 1.29 is 9.53 Å². The van der Waals surface area contributed by atoms with Crippen LogP contribution < -0.4 is 0 Å². The molecule has 0 aliphatic rings. The fraction of sp³-hybridized carbons (Fsp3) is 0.417. The first-order valence-corrected chi connectivity index (χ1v) is 4.97. The fourth-order valence-electron chi connectivity index (χ4n) is 1.20. The molecule has 0 saturated heterocycles. The maximum atomic E-state index is 11.5. The highest BCUT2D eigenvalue weighted by Gasteiger charge is 2.04. The van der Waals surface area contributed by atoms with Crippen LogP contribution in [0.15, 0.2) is 24.3 Å². The van der Waals surface area contributed by atoms with Gasteiger partial charge in [0.2, 0.25) is 0 Å². The largest absolute Gasteiger partial charge is 0.374 e. The second-order valence-corrected chi connectivity index (χ2v) is 3.11. The molecule has 0 heterocycles. The molecule has 0 aliphatic heterocycles. The second kappa shape index (κ2) is 5.55.